The Hall–Kier alpha value is -2.88. The molecule has 2 heterocycles. The van der Waals surface area contributed by atoms with Gasteiger partial charge in [0.25, 0.3) is 0 Å². The highest BCUT2D eigenvalue weighted by molar-refractivity contribution is 7.22. The Balaban J connectivity index is 1.62. The number of nitriles is 1. The third-order valence-corrected chi connectivity index (χ3v) is 5.58. The lowest BCUT2D eigenvalue weighted by Gasteiger charge is -2.00. The lowest BCUT2D eigenvalue weighted by Crippen LogP contribution is -1.92. The quantitative estimate of drug-likeness (QED) is 0.534. The summed E-state index contributed by atoms with van der Waals surface area (Å²) >= 11 is 3.14. The van der Waals surface area contributed by atoms with Crippen LogP contribution in [0.25, 0.3) is 32.5 Å². The summed E-state index contributed by atoms with van der Waals surface area (Å²) in [5, 5.41) is 22.3. The van der Waals surface area contributed by atoms with Crippen molar-refractivity contribution in [1.82, 2.24) is 4.98 Å². The maximum atomic E-state index is 10.1. The molecule has 2 aromatic carbocycles. The number of hydrogen-bond donors (Lipinski definition) is 1. The van der Waals surface area contributed by atoms with Gasteiger partial charge in [-0.05, 0) is 35.2 Å². The standard InChI is InChI=1S/C19H12N2O2S2/c20-8-9-23-13-4-1-12(2-5-13)3-6-17-21-18-16(25-17)11-15(22)14-7-10-24-19(14)18/h1-7,10-11,22H,9H2/b6-3+. The summed E-state index contributed by atoms with van der Waals surface area (Å²) < 4.78 is 7.24. The highest BCUT2D eigenvalue weighted by Crippen LogP contribution is 2.38. The van der Waals surface area contributed by atoms with Crippen molar-refractivity contribution in [2.75, 3.05) is 6.61 Å². The van der Waals surface area contributed by atoms with Crippen LogP contribution < -0.4 is 4.74 Å². The molecule has 0 aliphatic heterocycles. The fraction of sp³-hybridized carbons (Fsp3) is 0.0526. The molecule has 0 saturated carbocycles. The number of thiazole rings is 1. The highest BCUT2D eigenvalue weighted by Gasteiger charge is 2.11. The van der Waals surface area contributed by atoms with E-state index >= 15 is 0 Å². The van der Waals surface area contributed by atoms with Crippen molar-refractivity contribution in [1.29, 1.82) is 5.26 Å². The summed E-state index contributed by atoms with van der Waals surface area (Å²) in [5.74, 6) is 0.977. The number of aromatic nitrogens is 1. The maximum Gasteiger partial charge on any atom is 0.174 e. The Morgan fingerprint density at radius 1 is 1.20 bits per heavy atom. The van der Waals surface area contributed by atoms with Crippen molar-refractivity contribution in [3.8, 4) is 17.6 Å². The van der Waals surface area contributed by atoms with Crippen LogP contribution in [-0.4, -0.2) is 16.7 Å². The molecule has 6 heteroatoms. The lowest BCUT2D eigenvalue weighted by atomic mass is 10.2. The van der Waals surface area contributed by atoms with Crippen LogP contribution in [0, 0.1) is 11.3 Å². The second-order valence-electron chi connectivity index (χ2n) is 5.31. The molecule has 2 aromatic heterocycles. The Morgan fingerprint density at radius 2 is 2.04 bits per heavy atom. The molecule has 0 atom stereocenters. The van der Waals surface area contributed by atoms with Gasteiger partial charge in [0.2, 0.25) is 0 Å². The molecule has 0 radical (unpaired) electrons. The summed E-state index contributed by atoms with van der Waals surface area (Å²) in [6, 6.07) is 13.2. The van der Waals surface area contributed by atoms with Gasteiger partial charge in [-0.1, -0.05) is 18.2 Å². The Labute approximate surface area is 151 Å². The number of thiophene rings is 1. The zero-order chi connectivity index (χ0) is 17.2. The van der Waals surface area contributed by atoms with Gasteiger partial charge in [0.15, 0.2) is 6.61 Å². The first-order chi connectivity index (χ1) is 12.2. The van der Waals surface area contributed by atoms with E-state index in [1.807, 2.05) is 53.9 Å². The first-order valence-corrected chi connectivity index (χ1v) is 9.22. The summed E-state index contributed by atoms with van der Waals surface area (Å²) in [7, 11) is 0. The van der Waals surface area contributed by atoms with Gasteiger partial charge in [0, 0.05) is 11.5 Å². The minimum Gasteiger partial charge on any atom is -0.507 e. The number of phenols is 1. The van der Waals surface area contributed by atoms with E-state index in [2.05, 4.69) is 0 Å². The molecular formula is C19H12N2O2S2. The van der Waals surface area contributed by atoms with Crippen LogP contribution in [0.4, 0.5) is 0 Å². The van der Waals surface area contributed by atoms with Gasteiger partial charge >= 0.3 is 0 Å². The Bertz CT molecular complexity index is 1120. The number of aromatic hydroxyl groups is 1. The number of phenolic OH excluding ortho intramolecular Hbond substituents is 1. The van der Waals surface area contributed by atoms with Crippen LogP contribution in [-0.2, 0) is 0 Å². The average Bonchev–Trinajstić information content (AvgIpc) is 3.26. The van der Waals surface area contributed by atoms with Crippen molar-refractivity contribution in [2.45, 2.75) is 0 Å². The van der Waals surface area contributed by atoms with Crippen LogP contribution >= 0.6 is 22.7 Å². The van der Waals surface area contributed by atoms with Crippen LogP contribution in [0.2, 0.25) is 0 Å². The average molecular weight is 364 g/mol. The van der Waals surface area contributed by atoms with Crippen molar-refractivity contribution in [3.63, 3.8) is 0 Å². The molecule has 1 N–H and O–H groups in total. The predicted molar refractivity (Wildman–Crippen MR) is 103 cm³/mol. The SMILES string of the molecule is N#CCOc1ccc(/C=C/c2nc3c(cc(O)c4ccsc43)s2)cc1. The summed E-state index contributed by atoms with van der Waals surface area (Å²) in [6.45, 7) is 0.0466. The van der Waals surface area contributed by atoms with E-state index in [9.17, 15) is 5.11 Å². The fourth-order valence-electron chi connectivity index (χ4n) is 2.54. The third-order valence-electron chi connectivity index (χ3n) is 3.70. The van der Waals surface area contributed by atoms with Gasteiger partial charge in [-0.3, -0.25) is 0 Å². The Kier molecular flexibility index (Phi) is 4.10. The molecule has 4 nitrogen and oxygen atoms in total. The minimum absolute atomic E-state index is 0.0466. The summed E-state index contributed by atoms with van der Waals surface area (Å²) in [6.07, 6.45) is 3.95. The van der Waals surface area contributed by atoms with E-state index in [-0.39, 0.29) is 6.61 Å². The molecule has 25 heavy (non-hydrogen) atoms. The molecule has 0 spiro atoms. The van der Waals surface area contributed by atoms with Crippen LogP contribution in [0.5, 0.6) is 11.5 Å². The largest absolute Gasteiger partial charge is 0.507 e. The molecule has 0 saturated heterocycles. The lowest BCUT2D eigenvalue weighted by molar-refractivity contribution is 0.368. The van der Waals surface area contributed by atoms with Crippen LogP contribution in [0.15, 0.2) is 41.8 Å². The van der Waals surface area contributed by atoms with Gasteiger partial charge in [-0.2, -0.15) is 5.26 Å². The molecule has 0 aliphatic rings. The second kappa shape index (κ2) is 6.55. The molecule has 0 fully saturated rings. The number of nitrogens with zero attached hydrogens (tertiary/aromatic N) is 2. The molecule has 4 aromatic rings. The summed E-state index contributed by atoms with van der Waals surface area (Å²) in [4.78, 5) is 4.70. The van der Waals surface area contributed by atoms with Crippen molar-refractivity contribution in [2.24, 2.45) is 0 Å². The second-order valence-corrected chi connectivity index (χ2v) is 7.29. The van der Waals surface area contributed by atoms with E-state index in [0.29, 0.717) is 11.5 Å². The molecule has 122 valence electrons. The first-order valence-electron chi connectivity index (χ1n) is 7.52. The normalized spacial score (nSPS) is 11.3. The maximum absolute atomic E-state index is 10.1. The molecular weight excluding hydrogens is 352 g/mol. The Morgan fingerprint density at radius 3 is 2.84 bits per heavy atom. The van der Waals surface area contributed by atoms with Crippen LogP contribution in [0.3, 0.4) is 0 Å². The minimum atomic E-state index is 0.0466. The predicted octanol–water partition coefficient (Wildman–Crippen LogP) is 5.29. The van der Waals surface area contributed by atoms with Gasteiger partial charge < -0.3 is 9.84 Å². The van der Waals surface area contributed by atoms with E-state index in [1.54, 1.807) is 28.7 Å². The summed E-state index contributed by atoms with van der Waals surface area (Å²) in [5.41, 5.74) is 1.96. The molecule has 0 aliphatic carbocycles. The number of hydrogen-bond acceptors (Lipinski definition) is 6. The fourth-order valence-corrected chi connectivity index (χ4v) is 4.42. The monoisotopic (exact) mass is 364 g/mol. The number of ether oxygens (including phenoxy) is 1. The van der Waals surface area contributed by atoms with E-state index in [0.717, 1.165) is 30.9 Å². The van der Waals surface area contributed by atoms with Crippen LogP contribution in [0.1, 0.15) is 10.6 Å². The van der Waals surface area contributed by atoms with Gasteiger partial charge in [-0.15, -0.1) is 22.7 Å². The molecule has 0 bridgehead atoms. The highest BCUT2D eigenvalue weighted by atomic mass is 32.1. The van der Waals surface area contributed by atoms with Gasteiger partial charge in [0.05, 0.1) is 14.9 Å². The zero-order valence-electron chi connectivity index (χ0n) is 13.0. The van der Waals surface area contributed by atoms with Crippen molar-refractivity contribution in [3.05, 3.63) is 52.3 Å². The van der Waals surface area contributed by atoms with E-state index in [4.69, 9.17) is 15.0 Å². The molecule has 0 unspecified atom stereocenters. The van der Waals surface area contributed by atoms with Gasteiger partial charge in [0.1, 0.15) is 22.6 Å². The molecule has 4 rings (SSSR count). The third kappa shape index (κ3) is 3.07. The number of benzene rings is 2. The van der Waals surface area contributed by atoms with Crippen molar-refractivity contribution >= 4 is 55.1 Å². The van der Waals surface area contributed by atoms with Crippen molar-refractivity contribution < 1.29 is 9.84 Å². The number of rotatable bonds is 4. The molecule has 0 amide bonds. The zero-order valence-corrected chi connectivity index (χ0v) is 14.6. The smallest absolute Gasteiger partial charge is 0.174 e. The van der Waals surface area contributed by atoms with E-state index < -0.39 is 0 Å². The van der Waals surface area contributed by atoms with Gasteiger partial charge in [-0.25, -0.2) is 4.98 Å². The van der Waals surface area contributed by atoms with E-state index in [1.165, 1.54) is 0 Å². The first kappa shape index (κ1) is 15.6. The topological polar surface area (TPSA) is 66.1 Å². The number of fused-ring (bicyclic) bond motifs is 3.